The van der Waals surface area contributed by atoms with E-state index < -0.39 is 34.0 Å². The van der Waals surface area contributed by atoms with Crippen LogP contribution in [-0.4, -0.2) is 18.0 Å². The Hall–Kier alpha value is -3.24. The molecule has 1 radical (unpaired) electrons. The van der Waals surface area contributed by atoms with E-state index in [1.54, 1.807) is 48.7 Å². The van der Waals surface area contributed by atoms with Crippen molar-refractivity contribution in [1.29, 1.82) is 0 Å². The summed E-state index contributed by atoms with van der Waals surface area (Å²) in [5.74, 6) is -0.603. The van der Waals surface area contributed by atoms with Crippen molar-refractivity contribution in [1.82, 2.24) is 9.97 Å². The molecule has 0 fully saturated rings. The van der Waals surface area contributed by atoms with Gasteiger partial charge in [0.1, 0.15) is 0 Å². The van der Waals surface area contributed by atoms with Gasteiger partial charge in [0.15, 0.2) is 0 Å². The van der Waals surface area contributed by atoms with Crippen molar-refractivity contribution in [2.24, 2.45) is 5.41 Å². The van der Waals surface area contributed by atoms with Crippen LogP contribution in [0, 0.1) is 37.1 Å². The van der Waals surface area contributed by atoms with Gasteiger partial charge >= 0.3 is 0 Å². The zero-order valence-electron chi connectivity index (χ0n) is 34.0. The number of hydrogen-bond donors (Lipinski definition) is 0. The molecule has 0 saturated heterocycles. The number of hydrogen-bond acceptors (Lipinski definition) is 2. The largest absolute Gasteiger partial charge is 0.305 e. The first-order valence-corrected chi connectivity index (χ1v) is 17.7. The third-order valence-corrected chi connectivity index (χ3v) is 8.68. The second-order valence-corrected chi connectivity index (χ2v) is 17.7. The summed E-state index contributed by atoms with van der Waals surface area (Å²) in [4.78, 5) is 8.72. The summed E-state index contributed by atoms with van der Waals surface area (Å²) < 4.78 is 77.2. The van der Waals surface area contributed by atoms with E-state index in [0.717, 1.165) is 12.5 Å². The van der Waals surface area contributed by atoms with Crippen LogP contribution in [0.25, 0.3) is 22.5 Å². The molecule has 0 saturated carbocycles. The number of nitrogens with zero attached hydrogens (tertiary/aromatic N) is 2. The summed E-state index contributed by atoms with van der Waals surface area (Å²) >= 11 is 0. The van der Waals surface area contributed by atoms with Crippen LogP contribution in [0.4, 0.5) is 4.39 Å². The molecule has 2 nitrogen and oxygen atoms in total. The molecule has 0 bridgehead atoms. The van der Waals surface area contributed by atoms with Crippen molar-refractivity contribution in [3.63, 3.8) is 0 Å². The predicted molar refractivity (Wildman–Crippen MR) is 182 cm³/mol. The Balaban J connectivity index is 0.000000275. The van der Waals surface area contributed by atoms with Crippen LogP contribution in [0.5, 0.6) is 0 Å². The van der Waals surface area contributed by atoms with Crippen LogP contribution in [-0.2, 0) is 32.9 Å². The summed E-state index contributed by atoms with van der Waals surface area (Å²) in [6.45, 7) is 8.57. The molecule has 3 aromatic carbocycles. The van der Waals surface area contributed by atoms with Gasteiger partial charge in [-0.3, -0.25) is 4.39 Å². The predicted octanol–water partition coefficient (Wildman–Crippen LogP) is 9.58. The minimum atomic E-state index is -2.43. The minimum absolute atomic E-state index is 0. The molecular weight excluding hydrogens is 736 g/mol. The van der Waals surface area contributed by atoms with Gasteiger partial charge in [0.25, 0.3) is 0 Å². The number of pyridine rings is 2. The molecule has 0 amide bonds. The molecule has 2 aromatic heterocycles. The average Bonchev–Trinajstić information content (AvgIpc) is 3.03. The zero-order chi connectivity index (χ0) is 38.0. The smallest absolute Gasteiger partial charge is 0.0798 e. The van der Waals surface area contributed by atoms with Gasteiger partial charge in [-0.25, -0.2) is 0 Å². The van der Waals surface area contributed by atoms with Crippen LogP contribution < -0.4 is 5.19 Å². The van der Waals surface area contributed by atoms with Crippen LogP contribution >= 0.6 is 0 Å². The summed E-state index contributed by atoms with van der Waals surface area (Å²) in [7, 11) is -1.59. The van der Waals surface area contributed by atoms with Gasteiger partial charge in [0.2, 0.25) is 0 Å². The molecule has 0 aliphatic rings. The maximum absolute atomic E-state index is 14.6. The fourth-order valence-electron chi connectivity index (χ4n) is 4.63. The molecule has 5 rings (SSSR count). The zero-order valence-corrected chi connectivity index (χ0v) is 29.4. The first-order chi connectivity index (χ1) is 23.5. The molecular formula is C39H43FIrN2Si-2. The summed E-state index contributed by atoms with van der Waals surface area (Å²) in [5, 5.41) is 1.27. The normalized spacial score (nSPS) is 14.9. The molecule has 44 heavy (non-hydrogen) atoms. The Bertz CT molecular complexity index is 1950. The number of aromatic nitrogens is 2. The van der Waals surface area contributed by atoms with E-state index in [-0.39, 0.29) is 47.8 Å². The van der Waals surface area contributed by atoms with Gasteiger partial charge in [-0.05, 0) is 46.4 Å². The topological polar surface area (TPSA) is 25.8 Å². The van der Waals surface area contributed by atoms with E-state index in [0.29, 0.717) is 22.5 Å². The molecule has 231 valence electrons. The van der Waals surface area contributed by atoms with Crippen molar-refractivity contribution < 1.29 is 35.5 Å². The summed E-state index contributed by atoms with van der Waals surface area (Å²) in [6, 6.07) is 26.9. The second-order valence-electron chi connectivity index (χ2n) is 12.7. The summed E-state index contributed by atoms with van der Waals surface area (Å²) in [6.07, 6.45) is 2.42. The molecule has 5 heteroatoms. The monoisotopic (exact) mass is 787 g/mol. The van der Waals surface area contributed by atoms with E-state index in [2.05, 4.69) is 62.5 Å². The molecule has 0 unspecified atom stereocenters. The van der Waals surface area contributed by atoms with E-state index in [1.807, 2.05) is 18.3 Å². The Labute approximate surface area is 289 Å². The Morgan fingerprint density at radius 1 is 0.864 bits per heavy atom. The minimum Gasteiger partial charge on any atom is -0.305 e. The Morgan fingerprint density at radius 3 is 2.23 bits per heavy atom. The second kappa shape index (κ2) is 15.2. The molecule has 0 aliphatic heterocycles. The van der Waals surface area contributed by atoms with Crippen LogP contribution in [0.3, 0.4) is 0 Å². The van der Waals surface area contributed by atoms with E-state index >= 15 is 0 Å². The van der Waals surface area contributed by atoms with Crippen LogP contribution in [0.2, 0.25) is 19.6 Å². The van der Waals surface area contributed by atoms with Crippen molar-refractivity contribution >= 4 is 13.3 Å². The fourth-order valence-corrected chi connectivity index (χ4v) is 6.21. The number of rotatable bonds is 6. The van der Waals surface area contributed by atoms with Crippen molar-refractivity contribution in [2.45, 2.75) is 66.9 Å². The van der Waals surface area contributed by atoms with Crippen molar-refractivity contribution in [3.8, 4) is 22.5 Å². The first kappa shape index (κ1) is 25.0. The molecule has 5 aromatic rings. The summed E-state index contributed by atoms with van der Waals surface area (Å²) in [5.41, 5.74) is 3.60. The molecule has 0 N–H and O–H groups in total. The van der Waals surface area contributed by atoms with Crippen LogP contribution in [0.15, 0.2) is 91.3 Å². The molecule has 2 heterocycles. The van der Waals surface area contributed by atoms with Gasteiger partial charge in [-0.2, -0.15) is 0 Å². The van der Waals surface area contributed by atoms with E-state index in [9.17, 15) is 4.39 Å². The maximum Gasteiger partial charge on any atom is 0.0798 e. The average molecular weight is 787 g/mol. The number of benzene rings is 3. The van der Waals surface area contributed by atoms with Crippen molar-refractivity contribution in [3.05, 3.63) is 137 Å². The number of aryl methyl sites for hydroxylation is 2. The molecule has 0 aliphatic carbocycles. The standard InChI is InChI=1S/C20H27FNSi.C19H16N.Ir/c1-14-8-9-16(17(21)10-14)18-11-15(12-20(2,3)4)19(13-22-18)23(5,6)7;1-15-10-11-17(19-9-5-6-12-20-19)14-18(15)13-16-7-3-2-4-8-16;/h8,10-11,13H,12H2,1-7H3;2-10,12,14H,13H2,1H3;/q2*-1;/i1D3;1D3,13D2;. The SMILES string of the molecule is [2H]C([2H])([2H])c1c[c-]c(-c2cc(CC(C)(C)C)c([Si](C)(C)C)cn2)c(F)c1.[2H]C([2H])([2H])c1c[c-]c(-c2ccccn2)cc1C([2H])([2H])c1ccccc1.[Ir]. The Morgan fingerprint density at radius 2 is 1.61 bits per heavy atom. The van der Waals surface area contributed by atoms with E-state index in [4.69, 9.17) is 11.0 Å². The number of halogens is 1. The Kier molecular flexibility index (Phi) is 8.62. The fraction of sp³-hybridized carbons (Fsp3) is 0.282. The van der Waals surface area contributed by atoms with Gasteiger partial charge in [0.05, 0.1) is 8.07 Å². The third-order valence-electron chi connectivity index (χ3n) is 6.61. The third kappa shape index (κ3) is 9.89. The maximum atomic E-state index is 14.6. The van der Waals surface area contributed by atoms with E-state index in [1.165, 1.54) is 28.9 Å². The van der Waals surface area contributed by atoms with Gasteiger partial charge in [0, 0.05) is 49.3 Å². The van der Waals surface area contributed by atoms with Gasteiger partial charge < -0.3 is 9.97 Å². The molecule has 0 atom stereocenters. The quantitative estimate of drug-likeness (QED) is 0.127. The molecule has 0 spiro atoms. The van der Waals surface area contributed by atoms with Crippen LogP contribution in [0.1, 0.15) is 59.6 Å². The first-order valence-electron chi connectivity index (χ1n) is 18.2. The van der Waals surface area contributed by atoms with Crippen molar-refractivity contribution in [2.75, 3.05) is 0 Å². The van der Waals surface area contributed by atoms with Gasteiger partial charge in [-0.15, -0.1) is 58.7 Å². The van der Waals surface area contributed by atoms with Gasteiger partial charge in [-0.1, -0.05) is 114 Å².